The van der Waals surface area contributed by atoms with Gasteiger partial charge in [-0.05, 0) is 78.4 Å². The molecule has 0 saturated heterocycles. The van der Waals surface area contributed by atoms with E-state index in [9.17, 15) is 9.59 Å². The number of fused-ring (bicyclic) bond motifs is 3. The molecule has 2 atom stereocenters. The number of hydrogen-bond donors (Lipinski definition) is 1. The van der Waals surface area contributed by atoms with Gasteiger partial charge in [-0.15, -0.1) is 16.4 Å². The molecule has 43 heavy (non-hydrogen) atoms. The van der Waals surface area contributed by atoms with Crippen molar-refractivity contribution in [2.75, 3.05) is 13.7 Å². The minimum Gasteiger partial charge on any atom is -0.487 e. The number of carbonyl (C=O) groups excluding carboxylic acids is 1. The number of nitrogens with one attached hydrogen (secondary N) is 1. The van der Waals surface area contributed by atoms with E-state index in [0.29, 0.717) is 30.8 Å². The van der Waals surface area contributed by atoms with Crippen molar-refractivity contribution in [3.05, 3.63) is 80.2 Å². The van der Waals surface area contributed by atoms with Gasteiger partial charge in [-0.2, -0.15) is 0 Å². The molecule has 0 spiro atoms. The van der Waals surface area contributed by atoms with Crippen molar-refractivity contribution in [1.82, 2.24) is 29.9 Å². The van der Waals surface area contributed by atoms with Gasteiger partial charge >= 0.3 is 5.97 Å². The summed E-state index contributed by atoms with van der Waals surface area (Å²) in [7, 11) is 3.25. The Hall–Kier alpha value is -4.09. The number of ether oxygens (including phenoxy) is 2. The predicted octanol–water partition coefficient (Wildman–Crippen LogP) is 5.08. The molecular weight excluding hydrogens is 564 g/mol. The number of aromatic amines is 1. The number of methoxy groups -OCH3 is 1. The second-order valence-electron chi connectivity index (χ2n) is 11.9. The van der Waals surface area contributed by atoms with Crippen molar-refractivity contribution in [2.45, 2.75) is 59.2 Å². The lowest BCUT2D eigenvalue weighted by Gasteiger charge is -2.34. The second-order valence-corrected chi connectivity index (χ2v) is 12.8. The average Bonchev–Trinajstić information content (AvgIpc) is 3.57. The number of carbonyl (C=O) groups is 1. The highest BCUT2D eigenvalue weighted by Crippen LogP contribution is 2.45. The van der Waals surface area contributed by atoms with Gasteiger partial charge in [-0.1, -0.05) is 18.2 Å². The van der Waals surface area contributed by atoms with Gasteiger partial charge < -0.3 is 14.5 Å². The molecule has 224 valence electrons. The zero-order valence-corrected chi connectivity index (χ0v) is 26.1. The summed E-state index contributed by atoms with van der Waals surface area (Å²) >= 11 is 1.70. The number of aromatic nitrogens is 5. The van der Waals surface area contributed by atoms with Crippen molar-refractivity contribution in [3.63, 3.8) is 0 Å². The summed E-state index contributed by atoms with van der Waals surface area (Å²) in [5.41, 5.74) is 5.12. The molecule has 5 heterocycles. The Bertz CT molecular complexity index is 1890. The zero-order valence-electron chi connectivity index (χ0n) is 25.3. The first-order valence-electron chi connectivity index (χ1n) is 14.4. The molecule has 10 nitrogen and oxygen atoms in total. The Kier molecular flexibility index (Phi) is 7.55. The molecule has 4 aromatic heterocycles. The van der Waals surface area contributed by atoms with E-state index in [1.54, 1.807) is 22.1 Å². The minimum absolute atomic E-state index is 0.00685. The van der Waals surface area contributed by atoms with Gasteiger partial charge in [0, 0.05) is 49.6 Å². The maximum absolute atomic E-state index is 13.3. The van der Waals surface area contributed by atoms with Crippen LogP contribution >= 0.6 is 11.3 Å². The molecule has 0 amide bonds. The van der Waals surface area contributed by atoms with Crippen LogP contribution in [0.25, 0.3) is 21.3 Å². The Morgan fingerprint density at radius 1 is 1.28 bits per heavy atom. The third-order valence-corrected chi connectivity index (χ3v) is 9.59. The SMILES string of the molecule is CC[C@@H]1CN(Cc2cc([C@H](c3cnc4c(nnn4C)c3C)C(C)(C)C(=O)OC)cc3ccsc23)Cc2[nH]c(=O)ccc2O1. The number of aryl methyl sites for hydroxylation is 2. The fourth-order valence-corrected chi connectivity index (χ4v) is 7.21. The van der Waals surface area contributed by atoms with Crippen molar-refractivity contribution in [1.29, 1.82) is 0 Å². The number of nitrogens with zero attached hydrogens (tertiary/aromatic N) is 5. The summed E-state index contributed by atoms with van der Waals surface area (Å²) in [4.78, 5) is 35.5. The van der Waals surface area contributed by atoms with Crippen LogP contribution < -0.4 is 10.3 Å². The third kappa shape index (κ3) is 5.21. The summed E-state index contributed by atoms with van der Waals surface area (Å²) in [5.74, 6) is 0.0557. The lowest BCUT2D eigenvalue weighted by Crippen LogP contribution is -2.34. The number of H-pyrrole nitrogens is 1. The Morgan fingerprint density at radius 2 is 2.09 bits per heavy atom. The Labute approximate surface area is 253 Å². The van der Waals surface area contributed by atoms with E-state index in [1.165, 1.54) is 17.9 Å². The molecule has 1 aliphatic heterocycles. The predicted molar refractivity (Wildman–Crippen MR) is 166 cm³/mol. The van der Waals surface area contributed by atoms with Crippen LogP contribution in [-0.4, -0.2) is 55.6 Å². The molecule has 0 unspecified atom stereocenters. The highest BCUT2D eigenvalue weighted by Gasteiger charge is 2.41. The Balaban J connectivity index is 1.48. The number of hydrogen-bond acceptors (Lipinski definition) is 9. The van der Waals surface area contributed by atoms with Crippen LogP contribution in [0.3, 0.4) is 0 Å². The van der Waals surface area contributed by atoms with Crippen molar-refractivity contribution in [3.8, 4) is 5.75 Å². The molecule has 6 rings (SSSR count). The smallest absolute Gasteiger partial charge is 0.312 e. The largest absolute Gasteiger partial charge is 0.487 e. The highest BCUT2D eigenvalue weighted by atomic mass is 32.1. The molecule has 0 saturated carbocycles. The summed E-state index contributed by atoms with van der Waals surface area (Å²) in [6.45, 7) is 9.89. The maximum Gasteiger partial charge on any atom is 0.312 e. The molecule has 0 fully saturated rings. The van der Waals surface area contributed by atoms with Crippen molar-refractivity contribution >= 4 is 38.6 Å². The number of benzene rings is 1. The first-order valence-corrected chi connectivity index (χ1v) is 15.3. The fraction of sp³-hybridized carbons (Fsp3) is 0.406. The molecule has 1 N–H and O–H groups in total. The fourth-order valence-electron chi connectivity index (χ4n) is 6.33. The summed E-state index contributed by atoms with van der Waals surface area (Å²) in [5, 5.41) is 11.8. The monoisotopic (exact) mass is 600 g/mol. The molecule has 11 heteroatoms. The van der Waals surface area contributed by atoms with Gasteiger partial charge in [-0.3, -0.25) is 14.5 Å². The van der Waals surface area contributed by atoms with E-state index in [2.05, 4.69) is 50.7 Å². The first kappa shape index (κ1) is 29.0. The minimum atomic E-state index is -0.916. The van der Waals surface area contributed by atoms with E-state index in [1.807, 2.05) is 34.0 Å². The summed E-state index contributed by atoms with van der Waals surface area (Å²) < 4.78 is 14.5. The molecular formula is C32H36N6O4S. The van der Waals surface area contributed by atoms with Crippen LogP contribution in [-0.2, 0) is 29.7 Å². The summed E-state index contributed by atoms with van der Waals surface area (Å²) in [6.07, 6.45) is 2.68. The molecule has 5 aromatic rings. The van der Waals surface area contributed by atoms with Crippen LogP contribution in [0.2, 0.25) is 0 Å². The van der Waals surface area contributed by atoms with Crippen LogP contribution in [0.4, 0.5) is 0 Å². The topological polar surface area (TPSA) is 115 Å². The lowest BCUT2D eigenvalue weighted by molar-refractivity contribution is -0.151. The van der Waals surface area contributed by atoms with Crippen LogP contribution in [0.15, 0.2) is 46.7 Å². The van der Waals surface area contributed by atoms with Crippen molar-refractivity contribution in [2.24, 2.45) is 12.5 Å². The van der Waals surface area contributed by atoms with E-state index >= 15 is 0 Å². The van der Waals surface area contributed by atoms with Gasteiger partial charge in [0.05, 0.1) is 18.2 Å². The molecule has 0 radical (unpaired) electrons. The average molecular weight is 601 g/mol. The molecule has 0 bridgehead atoms. The van der Waals surface area contributed by atoms with Gasteiger partial charge in [0.1, 0.15) is 17.4 Å². The second kappa shape index (κ2) is 11.2. The van der Waals surface area contributed by atoms with Crippen LogP contribution in [0.1, 0.15) is 61.1 Å². The summed E-state index contributed by atoms with van der Waals surface area (Å²) in [6, 6.07) is 9.80. The van der Waals surface area contributed by atoms with E-state index in [0.717, 1.165) is 45.5 Å². The van der Waals surface area contributed by atoms with E-state index in [-0.39, 0.29) is 23.6 Å². The van der Waals surface area contributed by atoms with Gasteiger partial charge in [0.15, 0.2) is 5.65 Å². The number of rotatable bonds is 7. The normalized spacial score (nSPS) is 16.6. The highest BCUT2D eigenvalue weighted by molar-refractivity contribution is 7.17. The lowest BCUT2D eigenvalue weighted by atomic mass is 9.70. The van der Waals surface area contributed by atoms with Crippen LogP contribution in [0, 0.1) is 12.3 Å². The van der Waals surface area contributed by atoms with E-state index < -0.39 is 5.41 Å². The van der Waals surface area contributed by atoms with Crippen LogP contribution in [0.5, 0.6) is 5.75 Å². The van der Waals surface area contributed by atoms with E-state index in [4.69, 9.17) is 14.5 Å². The van der Waals surface area contributed by atoms with Gasteiger partial charge in [-0.25, -0.2) is 9.67 Å². The molecule has 0 aliphatic carbocycles. The quantitative estimate of drug-likeness (QED) is 0.257. The molecule has 1 aromatic carbocycles. The zero-order chi connectivity index (χ0) is 30.5. The Morgan fingerprint density at radius 3 is 2.86 bits per heavy atom. The number of thiophene rings is 1. The number of esters is 1. The van der Waals surface area contributed by atoms with Gasteiger partial charge in [0.2, 0.25) is 5.56 Å². The maximum atomic E-state index is 13.3. The van der Waals surface area contributed by atoms with Crippen molar-refractivity contribution < 1.29 is 14.3 Å². The van der Waals surface area contributed by atoms with Gasteiger partial charge in [0.25, 0.3) is 0 Å². The standard InChI is InChI=1S/C32H36N6O4S/c1-7-22-16-38(17-24-25(42-22)8-9-26(39)34-24)15-21-13-20(12-19-10-11-43-29(19)21)27(32(3,4)31(40)41-6)23-14-33-30-28(18(23)2)35-36-37(30)5/h8-14,22,27H,7,15-17H2,1-6H3,(H,34,39)/t22-,27-/m1/s1. The number of pyridine rings is 2. The molecule has 1 aliphatic rings. The first-order chi connectivity index (χ1) is 20.6. The third-order valence-electron chi connectivity index (χ3n) is 8.58.